The molecule has 7 heteroatoms. The van der Waals surface area contributed by atoms with Gasteiger partial charge in [-0.1, -0.05) is 6.42 Å². The second kappa shape index (κ2) is 4.95. The van der Waals surface area contributed by atoms with Crippen molar-refractivity contribution in [1.29, 1.82) is 0 Å². The van der Waals surface area contributed by atoms with Crippen molar-refractivity contribution < 1.29 is 23.1 Å². The van der Waals surface area contributed by atoms with Gasteiger partial charge >= 0.3 is 6.61 Å². The van der Waals surface area contributed by atoms with Crippen LogP contribution in [-0.4, -0.2) is 48.6 Å². The highest BCUT2D eigenvalue weighted by Gasteiger charge is 2.55. The zero-order valence-electron chi connectivity index (χ0n) is 11.1. The second-order valence-electron chi connectivity index (χ2n) is 5.91. The Morgan fingerprint density at radius 3 is 2.35 bits per heavy atom. The van der Waals surface area contributed by atoms with Crippen molar-refractivity contribution in [1.82, 2.24) is 10.2 Å². The van der Waals surface area contributed by atoms with Gasteiger partial charge in [0.1, 0.15) is 5.41 Å². The van der Waals surface area contributed by atoms with E-state index in [1.807, 2.05) is 0 Å². The molecule has 1 heterocycles. The molecule has 112 valence electrons. The quantitative estimate of drug-likeness (QED) is 0.764. The lowest BCUT2D eigenvalue weighted by Gasteiger charge is -2.47. The van der Waals surface area contributed by atoms with Gasteiger partial charge in [0.05, 0.1) is 6.10 Å². The van der Waals surface area contributed by atoms with Crippen LogP contribution in [0.15, 0.2) is 0 Å². The minimum Gasteiger partial charge on any atom is -0.352 e. The van der Waals surface area contributed by atoms with E-state index >= 15 is 0 Å². The maximum atomic E-state index is 12.4. The molecule has 2 amide bonds. The van der Waals surface area contributed by atoms with E-state index in [9.17, 15) is 18.4 Å². The fraction of sp³-hybridized carbons (Fsp3) is 0.846. The van der Waals surface area contributed by atoms with E-state index in [1.165, 1.54) is 4.90 Å². The van der Waals surface area contributed by atoms with E-state index in [1.54, 1.807) is 0 Å². The molecule has 3 rings (SSSR count). The number of carbonyl (C=O) groups is 2. The zero-order valence-corrected chi connectivity index (χ0v) is 11.1. The second-order valence-corrected chi connectivity index (χ2v) is 5.91. The highest BCUT2D eigenvalue weighted by molar-refractivity contribution is 6.06. The average Bonchev–Trinajstić information content (AvgIpc) is 3.04. The van der Waals surface area contributed by atoms with Crippen molar-refractivity contribution >= 4 is 11.8 Å². The summed E-state index contributed by atoms with van der Waals surface area (Å²) in [5.74, 6) is -0.412. The molecule has 1 N–H and O–H groups in total. The van der Waals surface area contributed by atoms with Crippen LogP contribution in [0.5, 0.6) is 0 Å². The molecule has 5 nitrogen and oxygen atoms in total. The summed E-state index contributed by atoms with van der Waals surface area (Å²) in [6.07, 6.45) is 3.31. The van der Waals surface area contributed by atoms with Crippen molar-refractivity contribution in [2.45, 2.75) is 50.9 Å². The maximum Gasteiger partial charge on any atom is 0.345 e. The normalized spacial score (nSPS) is 25.1. The van der Waals surface area contributed by atoms with Crippen molar-refractivity contribution in [3.05, 3.63) is 0 Å². The SMILES string of the molecule is O=C(NC1CC1)C1(C(=O)N2CC(OC(F)F)C2)CCC1. The third-order valence-corrected chi connectivity index (χ3v) is 4.39. The summed E-state index contributed by atoms with van der Waals surface area (Å²) < 4.78 is 28.4. The number of rotatable bonds is 5. The first-order valence-corrected chi connectivity index (χ1v) is 7.05. The van der Waals surface area contributed by atoms with Crippen molar-refractivity contribution in [2.24, 2.45) is 5.41 Å². The summed E-state index contributed by atoms with van der Waals surface area (Å²) in [6.45, 7) is -2.50. The van der Waals surface area contributed by atoms with Crippen molar-refractivity contribution in [3.63, 3.8) is 0 Å². The highest BCUT2D eigenvalue weighted by atomic mass is 19.3. The molecule has 1 aliphatic heterocycles. The Hall–Kier alpha value is -1.24. The summed E-state index contributed by atoms with van der Waals surface area (Å²) in [7, 11) is 0. The van der Waals surface area contributed by atoms with E-state index in [0.717, 1.165) is 19.3 Å². The van der Waals surface area contributed by atoms with Crippen LogP contribution in [0.25, 0.3) is 0 Å². The summed E-state index contributed by atoms with van der Waals surface area (Å²) in [5.41, 5.74) is -0.946. The van der Waals surface area contributed by atoms with E-state index in [-0.39, 0.29) is 30.9 Å². The van der Waals surface area contributed by atoms with Gasteiger partial charge in [0.25, 0.3) is 0 Å². The molecule has 20 heavy (non-hydrogen) atoms. The maximum absolute atomic E-state index is 12.4. The minimum absolute atomic E-state index is 0.154. The van der Waals surface area contributed by atoms with Crippen LogP contribution >= 0.6 is 0 Å². The molecule has 0 bridgehead atoms. The first-order valence-electron chi connectivity index (χ1n) is 7.05. The van der Waals surface area contributed by atoms with Crippen LogP contribution in [0.2, 0.25) is 0 Å². The molecule has 0 atom stereocenters. The number of nitrogens with zero attached hydrogens (tertiary/aromatic N) is 1. The van der Waals surface area contributed by atoms with Crippen LogP contribution in [0.1, 0.15) is 32.1 Å². The fourth-order valence-corrected chi connectivity index (χ4v) is 2.76. The summed E-state index contributed by atoms with van der Waals surface area (Å²) in [6, 6.07) is 0.221. The third-order valence-electron chi connectivity index (χ3n) is 4.39. The Bertz CT molecular complexity index is 416. The Labute approximate surface area is 115 Å². The van der Waals surface area contributed by atoms with E-state index < -0.39 is 18.1 Å². The number of hydrogen-bond acceptors (Lipinski definition) is 3. The number of carbonyl (C=O) groups excluding carboxylic acids is 2. The summed E-state index contributed by atoms with van der Waals surface area (Å²) >= 11 is 0. The van der Waals surface area contributed by atoms with E-state index in [2.05, 4.69) is 10.1 Å². The predicted octanol–water partition coefficient (Wildman–Crippen LogP) is 0.885. The summed E-state index contributed by atoms with van der Waals surface area (Å²) in [5, 5.41) is 2.89. The number of hydrogen-bond donors (Lipinski definition) is 1. The Morgan fingerprint density at radius 1 is 1.25 bits per heavy atom. The van der Waals surface area contributed by atoms with Gasteiger partial charge < -0.3 is 15.0 Å². The standard InChI is InChI=1S/C13H18F2N2O3/c14-12(15)20-9-6-17(7-9)11(19)13(4-1-5-13)10(18)16-8-2-3-8/h8-9,12H,1-7H2,(H,16,18). The molecular formula is C13H18F2N2O3. The first kappa shape index (κ1) is 13.7. The molecule has 2 aliphatic carbocycles. The Balaban J connectivity index is 1.56. The van der Waals surface area contributed by atoms with Crippen LogP contribution < -0.4 is 5.32 Å². The lowest BCUT2D eigenvalue weighted by atomic mass is 9.66. The Kier molecular flexibility index (Phi) is 3.40. The molecule has 0 radical (unpaired) electrons. The lowest BCUT2D eigenvalue weighted by molar-refractivity contribution is -0.204. The number of likely N-dealkylation sites (tertiary alicyclic amines) is 1. The third kappa shape index (κ3) is 2.39. The van der Waals surface area contributed by atoms with Gasteiger partial charge in [-0.05, 0) is 25.7 Å². The number of amides is 2. The molecule has 2 saturated carbocycles. The monoisotopic (exact) mass is 288 g/mol. The van der Waals surface area contributed by atoms with Gasteiger partial charge in [-0.2, -0.15) is 8.78 Å². The van der Waals surface area contributed by atoms with Gasteiger partial charge in [0, 0.05) is 19.1 Å². The van der Waals surface area contributed by atoms with Crippen molar-refractivity contribution in [2.75, 3.05) is 13.1 Å². The van der Waals surface area contributed by atoms with Gasteiger partial charge in [-0.15, -0.1) is 0 Å². The fourth-order valence-electron chi connectivity index (χ4n) is 2.76. The van der Waals surface area contributed by atoms with Crippen LogP contribution in [0.4, 0.5) is 8.78 Å². The molecule has 0 aromatic rings. The number of nitrogens with one attached hydrogen (secondary N) is 1. The van der Waals surface area contributed by atoms with E-state index in [4.69, 9.17) is 0 Å². The Morgan fingerprint density at radius 2 is 1.90 bits per heavy atom. The number of ether oxygens (including phenoxy) is 1. The molecule has 0 unspecified atom stereocenters. The van der Waals surface area contributed by atoms with Crippen LogP contribution in [-0.2, 0) is 14.3 Å². The number of alkyl halides is 2. The van der Waals surface area contributed by atoms with Gasteiger partial charge in [0.15, 0.2) is 0 Å². The minimum atomic E-state index is -2.81. The van der Waals surface area contributed by atoms with Gasteiger partial charge in [-0.25, -0.2) is 0 Å². The lowest BCUT2D eigenvalue weighted by Crippen LogP contribution is -2.63. The van der Waals surface area contributed by atoms with Gasteiger partial charge in [0.2, 0.25) is 11.8 Å². The molecule has 1 saturated heterocycles. The number of halogens is 2. The topological polar surface area (TPSA) is 58.6 Å². The van der Waals surface area contributed by atoms with E-state index in [0.29, 0.717) is 12.8 Å². The van der Waals surface area contributed by atoms with Crippen molar-refractivity contribution in [3.8, 4) is 0 Å². The largest absolute Gasteiger partial charge is 0.352 e. The average molecular weight is 288 g/mol. The van der Waals surface area contributed by atoms with Crippen LogP contribution in [0, 0.1) is 5.41 Å². The first-order chi connectivity index (χ1) is 9.51. The smallest absolute Gasteiger partial charge is 0.345 e. The molecule has 0 spiro atoms. The highest BCUT2D eigenvalue weighted by Crippen LogP contribution is 2.44. The molecule has 0 aromatic carbocycles. The summed E-state index contributed by atoms with van der Waals surface area (Å²) in [4.78, 5) is 26.1. The van der Waals surface area contributed by atoms with Crippen LogP contribution in [0.3, 0.4) is 0 Å². The molecular weight excluding hydrogens is 270 g/mol. The zero-order chi connectivity index (χ0) is 14.3. The molecule has 3 fully saturated rings. The predicted molar refractivity (Wildman–Crippen MR) is 64.9 cm³/mol. The molecule has 0 aromatic heterocycles. The van der Waals surface area contributed by atoms with Gasteiger partial charge in [-0.3, -0.25) is 9.59 Å². The molecule has 3 aliphatic rings.